The Hall–Kier alpha value is -3.11. The molecule has 7 nitrogen and oxygen atoms in total. The molecule has 3 aromatic rings. The third-order valence-electron chi connectivity index (χ3n) is 7.90. The van der Waals surface area contributed by atoms with Gasteiger partial charge in [-0.05, 0) is 43.2 Å². The van der Waals surface area contributed by atoms with E-state index in [1.807, 2.05) is 6.20 Å². The van der Waals surface area contributed by atoms with E-state index in [0.29, 0.717) is 18.1 Å². The van der Waals surface area contributed by atoms with Gasteiger partial charge in [0.2, 0.25) is 0 Å². The van der Waals surface area contributed by atoms with Crippen molar-refractivity contribution in [1.29, 1.82) is 5.26 Å². The van der Waals surface area contributed by atoms with Crippen molar-refractivity contribution in [2.45, 2.75) is 70.6 Å². The minimum atomic E-state index is -0.0365. The van der Waals surface area contributed by atoms with Crippen molar-refractivity contribution in [1.82, 2.24) is 19.2 Å². The Labute approximate surface area is 201 Å². The molecular weight excluding hydrogens is 424 g/mol. The Morgan fingerprint density at radius 2 is 1.94 bits per heavy atom. The molecule has 7 heteroatoms. The molecule has 1 aliphatic carbocycles. The predicted octanol–water partition coefficient (Wildman–Crippen LogP) is 4.02. The van der Waals surface area contributed by atoms with E-state index < -0.39 is 0 Å². The van der Waals surface area contributed by atoms with E-state index in [-0.39, 0.29) is 12.1 Å². The summed E-state index contributed by atoms with van der Waals surface area (Å²) in [6.07, 6.45) is 7.49. The lowest BCUT2D eigenvalue weighted by Gasteiger charge is -2.51. The van der Waals surface area contributed by atoms with Crippen LogP contribution in [-0.2, 0) is 20.0 Å². The fourth-order valence-electron chi connectivity index (χ4n) is 6.05. The highest BCUT2D eigenvalue weighted by Gasteiger charge is 2.38. The van der Waals surface area contributed by atoms with Gasteiger partial charge in [-0.15, -0.1) is 0 Å². The Morgan fingerprint density at radius 1 is 1.15 bits per heavy atom. The first-order chi connectivity index (χ1) is 16.5. The molecule has 34 heavy (non-hydrogen) atoms. The number of hydrogen-bond acceptors (Lipinski definition) is 5. The zero-order chi connectivity index (χ0) is 23.8. The number of pyridine rings is 1. The van der Waals surface area contributed by atoms with Crippen LogP contribution in [0.5, 0.6) is 0 Å². The number of piperazine rings is 1. The molecule has 0 saturated carbocycles. The third kappa shape index (κ3) is 3.80. The van der Waals surface area contributed by atoms with Crippen LogP contribution in [0.2, 0.25) is 0 Å². The molecule has 1 unspecified atom stereocenters. The minimum absolute atomic E-state index is 0.0365. The van der Waals surface area contributed by atoms with Gasteiger partial charge in [0.05, 0.1) is 23.5 Å². The Kier molecular flexibility index (Phi) is 6.18. The van der Waals surface area contributed by atoms with Crippen molar-refractivity contribution in [3.05, 3.63) is 58.0 Å². The normalized spacial score (nSPS) is 23.1. The third-order valence-corrected chi connectivity index (χ3v) is 7.90. The van der Waals surface area contributed by atoms with E-state index >= 15 is 0 Å². The van der Waals surface area contributed by atoms with Gasteiger partial charge in [0.1, 0.15) is 12.1 Å². The van der Waals surface area contributed by atoms with E-state index in [4.69, 9.17) is 10.4 Å². The molecule has 1 saturated heterocycles. The van der Waals surface area contributed by atoms with E-state index in [0.717, 1.165) is 42.7 Å². The number of hydrogen-bond donors (Lipinski definition) is 0. The number of benzene rings is 1. The maximum absolute atomic E-state index is 12.9. The summed E-state index contributed by atoms with van der Waals surface area (Å²) in [5.41, 5.74) is 5.46. The average Bonchev–Trinajstić information content (AvgIpc) is 3.29. The van der Waals surface area contributed by atoms with Crippen LogP contribution in [0.4, 0.5) is 5.69 Å². The van der Waals surface area contributed by atoms with Crippen LogP contribution < -0.4 is 10.5 Å². The van der Waals surface area contributed by atoms with Crippen molar-refractivity contribution >= 4 is 16.7 Å². The summed E-state index contributed by atoms with van der Waals surface area (Å²) in [6, 6.07) is 14.0. The summed E-state index contributed by atoms with van der Waals surface area (Å²) in [7, 11) is 1.78. The van der Waals surface area contributed by atoms with Crippen LogP contribution >= 0.6 is 0 Å². The quantitative estimate of drug-likeness (QED) is 0.578. The first kappa shape index (κ1) is 22.7. The topological polar surface area (TPSA) is 70.1 Å². The van der Waals surface area contributed by atoms with Gasteiger partial charge in [-0.25, -0.2) is 0 Å². The van der Waals surface area contributed by atoms with Gasteiger partial charge in [-0.1, -0.05) is 38.1 Å². The Balaban J connectivity index is 1.54. The van der Waals surface area contributed by atoms with Crippen molar-refractivity contribution in [2.75, 3.05) is 18.0 Å². The molecule has 0 radical (unpaired) electrons. The number of nitriles is 1. The van der Waals surface area contributed by atoms with E-state index in [9.17, 15) is 4.79 Å². The van der Waals surface area contributed by atoms with E-state index in [1.165, 1.54) is 30.4 Å². The Morgan fingerprint density at radius 3 is 2.71 bits per heavy atom. The number of rotatable bonds is 5. The van der Waals surface area contributed by atoms with Gasteiger partial charge in [0.15, 0.2) is 0 Å². The molecule has 3 heterocycles. The van der Waals surface area contributed by atoms with E-state index in [2.05, 4.69) is 54.0 Å². The lowest BCUT2D eigenvalue weighted by Crippen LogP contribution is -2.59. The molecular formula is C27H34N6O. The molecule has 0 bridgehead atoms. The fraction of sp³-hybridized carbons (Fsp3) is 0.519. The lowest BCUT2D eigenvalue weighted by molar-refractivity contribution is 0.0827. The van der Waals surface area contributed by atoms with Crippen LogP contribution in [0.1, 0.15) is 56.7 Å². The van der Waals surface area contributed by atoms with Gasteiger partial charge in [-0.2, -0.15) is 10.4 Å². The second kappa shape index (κ2) is 9.27. The SMILES string of the molecule is CC[C@H]1CN(C2CCCc3ccccc32)[C@H](CC)CN1c1cc(=O)n(C)c2cn(CC#N)nc12. The first-order valence-corrected chi connectivity index (χ1v) is 12.6. The summed E-state index contributed by atoms with van der Waals surface area (Å²) < 4.78 is 3.27. The van der Waals surface area contributed by atoms with Crippen molar-refractivity contribution in [3.63, 3.8) is 0 Å². The van der Waals surface area contributed by atoms with Crippen molar-refractivity contribution in [3.8, 4) is 6.07 Å². The maximum atomic E-state index is 12.9. The van der Waals surface area contributed by atoms with Crippen molar-refractivity contribution in [2.24, 2.45) is 7.05 Å². The second-order valence-electron chi connectivity index (χ2n) is 9.73. The molecule has 3 atom stereocenters. The van der Waals surface area contributed by atoms with Crippen LogP contribution in [0.15, 0.2) is 41.3 Å². The fourth-order valence-corrected chi connectivity index (χ4v) is 6.05. The monoisotopic (exact) mass is 458 g/mol. The zero-order valence-corrected chi connectivity index (χ0v) is 20.4. The van der Waals surface area contributed by atoms with Gasteiger partial charge in [0.25, 0.3) is 5.56 Å². The molecule has 1 aliphatic heterocycles. The summed E-state index contributed by atoms with van der Waals surface area (Å²) in [4.78, 5) is 18.1. The van der Waals surface area contributed by atoms with Crippen LogP contribution in [0.3, 0.4) is 0 Å². The minimum Gasteiger partial charge on any atom is -0.364 e. The van der Waals surface area contributed by atoms with Gasteiger partial charge >= 0.3 is 0 Å². The molecule has 5 rings (SSSR count). The molecule has 0 N–H and O–H groups in total. The summed E-state index contributed by atoms with van der Waals surface area (Å²) in [6.45, 7) is 6.54. The molecule has 2 aromatic heterocycles. The molecule has 2 aliphatic rings. The number of aryl methyl sites for hydroxylation is 2. The summed E-state index contributed by atoms with van der Waals surface area (Å²) in [5, 5.41) is 13.9. The first-order valence-electron chi connectivity index (χ1n) is 12.6. The molecule has 1 aromatic carbocycles. The highest BCUT2D eigenvalue weighted by molar-refractivity contribution is 5.88. The number of fused-ring (bicyclic) bond motifs is 2. The summed E-state index contributed by atoms with van der Waals surface area (Å²) in [5.74, 6) is 0. The molecule has 0 spiro atoms. The van der Waals surface area contributed by atoms with Crippen LogP contribution in [0.25, 0.3) is 11.0 Å². The Bertz CT molecular complexity index is 1280. The maximum Gasteiger partial charge on any atom is 0.252 e. The number of aromatic nitrogens is 3. The standard InChI is InChI=1S/C27H34N6O/c1-4-20-17-33(24-15-26(34)30(3)25-18-31(14-13-28)29-27(24)25)21(5-2)16-32(20)23-12-8-10-19-9-6-7-11-22(19)23/h6-7,9,11,15,18,20-21,23H,4-5,8,10,12,14,16-17H2,1-3H3/t20-,21+,23?/m1/s1. The smallest absolute Gasteiger partial charge is 0.252 e. The van der Waals surface area contributed by atoms with Crippen LogP contribution in [0, 0.1) is 11.3 Å². The van der Waals surface area contributed by atoms with Gasteiger partial charge in [-0.3, -0.25) is 14.4 Å². The second-order valence-corrected chi connectivity index (χ2v) is 9.73. The number of nitrogens with zero attached hydrogens (tertiary/aromatic N) is 6. The predicted molar refractivity (Wildman–Crippen MR) is 135 cm³/mol. The lowest BCUT2D eigenvalue weighted by atomic mass is 9.85. The summed E-state index contributed by atoms with van der Waals surface area (Å²) >= 11 is 0. The van der Waals surface area contributed by atoms with Crippen molar-refractivity contribution < 1.29 is 0 Å². The zero-order valence-electron chi connectivity index (χ0n) is 20.4. The molecule has 1 fully saturated rings. The number of anilines is 1. The average molecular weight is 459 g/mol. The highest BCUT2D eigenvalue weighted by atomic mass is 16.1. The van der Waals surface area contributed by atoms with Crippen LogP contribution in [-0.4, -0.2) is 44.4 Å². The highest BCUT2D eigenvalue weighted by Crippen LogP contribution is 2.39. The molecule has 178 valence electrons. The van der Waals surface area contributed by atoms with Gasteiger partial charge in [0, 0.05) is 44.3 Å². The van der Waals surface area contributed by atoms with E-state index in [1.54, 1.807) is 22.4 Å². The molecule has 0 amide bonds. The van der Waals surface area contributed by atoms with Gasteiger partial charge < -0.3 is 9.47 Å². The largest absolute Gasteiger partial charge is 0.364 e.